The average Bonchev–Trinajstić information content (AvgIpc) is 2.51. The number of rotatable bonds is 5. The predicted octanol–water partition coefficient (Wildman–Crippen LogP) is 2.22. The third-order valence-electron chi connectivity index (χ3n) is 4.10. The number of nitrogens with two attached hydrogens (primary N) is 1. The molecule has 1 aliphatic rings. The first kappa shape index (κ1) is 15.6. The molecule has 2 rings (SSSR count). The number of phenolic OH excluding ortho intramolecular Hbond substituents is 2. The minimum Gasteiger partial charge on any atom is -0.504 e. The zero-order chi connectivity index (χ0) is 15.2. The second-order valence-electron chi connectivity index (χ2n) is 5.64. The zero-order valence-electron chi connectivity index (χ0n) is 12.3. The van der Waals surface area contributed by atoms with Gasteiger partial charge in [-0.1, -0.05) is 19.3 Å². The van der Waals surface area contributed by atoms with Crippen LogP contribution in [-0.2, 0) is 0 Å². The summed E-state index contributed by atoms with van der Waals surface area (Å²) in [7, 11) is 0. The number of nitrogens with zero attached hydrogens (tertiary/aromatic N) is 1. The van der Waals surface area contributed by atoms with Crippen molar-refractivity contribution in [2.75, 3.05) is 13.1 Å². The van der Waals surface area contributed by atoms with E-state index in [0.717, 1.165) is 32.1 Å². The quantitative estimate of drug-likeness (QED) is 0.726. The molecule has 1 saturated carbocycles. The van der Waals surface area contributed by atoms with Crippen LogP contribution in [0.3, 0.4) is 0 Å². The third kappa shape index (κ3) is 3.88. The van der Waals surface area contributed by atoms with Crippen molar-refractivity contribution in [3.8, 4) is 11.5 Å². The number of benzene rings is 1. The Bertz CT molecular complexity index is 484. The minimum absolute atomic E-state index is 0.0920. The molecule has 0 saturated heterocycles. The van der Waals surface area contributed by atoms with Gasteiger partial charge in [0.05, 0.1) is 0 Å². The van der Waals surface area contributed by atoms with Crippen LogP contribution < -0.4 is 5.73 Å². The van der Waals surface area contributed by atoms with Gasteiger partial charge in [0.2, 0.25) is 0 Å². The van der Waals surface area contributed by atoms with Gasteiger partial charge in [-0.15, -0.1) is 0 Å². The number of hydrogen-bond donors (Lipinski definition) is 3. The molecule has 5 nitrogen and oxygen atoms in total. The number of amides is 1. The Morgan fingerprint density at radius 2 is 1.90 bits per heavy atom. The average molecular weight is 292 g/mol. The molecule has 1 amide bonds. The Kier molecular flexibility index (Phi) is 5.44. The van der Waals surface area contributed by atoms with Crippen LogP contribution in [-0.4, -0.2) is 40.2 Å². The molecule has 116 valence electrons. The summed E-state index contributed by atoms with van der Waals surface area (Å²) in [4.78, 5) is 14.6. The Hall–Kier alpha value is -1.75. The van der Waals surface area contributed by atoms with E-state index < -0.39 is 0 Å². The Labute approximate surface area is 125 Å². The summed E-state index contributed by atoms with van der Waals surface area (Å²) >= 11 is 0. The summed E-state index contributed by atoms with van der Waals surface area (Å²) in [6.45, 7) is 1.19. The molecule has 1 aliphatic carbocycles. The second kappa shape index (κ2) is 7.31. The summed E-state index contributed by atoms with van der Waals surface area (Å²) in [5.41, 5.74) is 5.99. The van der Waals surface area contributed by atoms with E-state index in [1.807, 2.05) is 4.90 Å². The van der Waals surface area contributed by atoms with Gasteiger partial charge in [-0.3, -0.25) is 4.79 Å². The summed E-state index contributed by atoms with van der Waals surface area (Å²) < 4.78 is 0. The molecule has 0 atom stereocenters. The molecule has 0 aliphatic heterocycles. The number of hydrogen-bond acceptors (Lipinski definition) is 4. The van der Waals surface area contributed by atoms with Crippen LogP contribution in [0.15, 0.2) is 18.2 Å². The van der Waals surface area contributed by atoms with Gasteiger partial charge in [-0.25, -0.2) is 0 Å². The van der Waals surface area contributed by atoms with Gasteiger partial charge in [-0.2, -0.15) is 0 Å². The zero-order valence-corrected chi connectivity index (χ0v) is 12.3. The molecular weight excluding hydrogens is 268 g/mol. The van der Waals surface area contributed by atoms with Gasteiger partial charge in [0.25, 0.3) is 5.91 Å². The van der Waals surface area contributed by atoms with Crippen molar-refractivity contribution >= 4 is 5.91 Å². The molecule has 0 aromatic heterocycles. The topological polar surface area (TPSA) is 86.8 Å². The Morgan fingerprint density at radius 1 is 1.19 bits per heavy atom. The number of aromatic hydroxyl groups is 2. The van der Waals surface area contributed by atoms with Crippen LogP contribution in [0.5, 0.6) is 11.5 Å². The van der Waals surface area contributed by atoms with Gasteiger partial charge < -0.3 is 20.8 Å². The second-order valence-corrected chi connectivity index (χ2v) is 5.64. The van der Waals surface area contributed by atoms with Gasteiger partial charge >= 0.3 is 0 Å². The smallest absolute Gasteiger partial charge is 0.254 e. The van der Waals surface area contributed by atoms with Crippen molar-refractivity contribution in [1.82, 2.24) is 4.90 Å². The molecule has 0 spiro atoms. The maximum absolute atomic E-state index is 12.7. The van der Waals surface area contributed by atoms with Crippen LogP contribution in [0.4, 0.5) is 0 Å². The summed E-state index contributed by atoms with van der Waals surface area (Å²) in [5.74, 6) is -0.563. The van der Waals surface area contributed by atoms with E-state index in [1.54, 1.807) is 6.07 Å². The molecule has 5 heteroatoms. The fourth-order valence-corrected chi connectivity index (χ4v) is 2.93. The fourth-order valence-electron chi connectivity index (χ4n) is 2.93. The highest BCUT2D eigenvalue weighted by Gasteiger charge is 2.26. The van der Waals surface area contributed by atoms with Crippen LogP contribution in [0.2, 0.25) is 0 Å². The highest BCUT2D eigenvalue weighted by molar-refractivity contribution is 5.95. The molecule has 0 radical (unpaired) electrons. The molecular formula is C16H24N2O3. The number of carbonyl (C=O) groups excluding carboxylic acids is 1. The normalized spacial score (nSPS) is 15.9. The van der Waals surface area contributed by atoms with E-state index in [2.05, 4.69) is 0 Å². The highest BCUT2D eigenvalue weighted by atomic mass is 16.3. The van der Waals surface area contributed by atoms with Gasteiger partial charge in [0.1, 0.15) is 0 Å². The first-order chi connectivity index (χ1) is 10.1. The highest BCUT2D eigenvalue weighted by Crippen LogP contribution is 2.28. The van der Waals surface area contributed by atoms with Gasteiger partial charge in [0, 0.05) is 18.2 Å². The molecule has 1 fully saturated rings. The maximum Gasteiger partial charge on any atom is 0.254 e. The van der Waals surface area contributed by atoms with Gasteiger partial charge in [-0.05, 0) is 44.0 Å². The van der Waals surface area contributed by atoms with E-state index in [-0.39, 0.29) is 23.4 Å². The van der Waals surface area contributed by atoms with E-state index in [1.165, 1.54) is 18.6 Å². The predicted molar refractivity (Wildman–Crippen MR) is 81.4 cm³/mol. The molecule has 4 N–H and O–H groups in total. The van der Waals surface area contributed by atoms with Gasteiger partial charge in [0.15, 0.2) is 11.5 Å². The molecule has 1 aromatic carbocycles. The molecule has 0 bridgehead atoms. The minimum atomic E-state index is -0.261. The van der Waals surface area contributed by atoms with E-state index in [0.29, 0.717) is 18.7 Å². The van der Waals surface area contributed by atoms with Crippen LogP contribution in [0, 0.1) is 0 Å². The fraction of sp³-hybridized carbons (Fsp3) is 0.562. The van der Waals surface area contributed by atoms with Crippen molar-refractivity contribution in [1.29, 1.82) is 0 Å². The molecule has 0 unspecified atom stereocenters. The first-order valence-corrected chi connectivity index (χ1v) is 7.66. The standard InChI is InChI=1S/C16H24N2O3/c17-9-4-10-18(13-5-2-1-3-6-13)16(21)12-7-8-14(19)15(20)11-12/h7-8,11,13,19-20H,1-6,9-10,17H2. The molecule has 1 aromatic rings. The van der Waals surface area contributed by atoms with Crippen molar-refractivity contribution in [3.05, 3.63) is 23.8 Å². The summed E-state index contributed by atoms with van der Waals surface area (Å²) in [5, 5.41) is 18.9. The van der Waals surface area contributed by atoms with E-state index in [9.17, 15) is 15.0 Å². The lowest BCUT2D eigenvalue weighted by atomic mass is 9.93. The van der Waals surface area contributed by atoms with Crippen LogP contribution >= 0.6 is 0 Å². The lowest BCUT2D eigenvalue weighted by Gasteiger charge is -2.34. The van der Waals surface area contributed by atoms with Crippen molar-refractivity contribution < 1.29 is 15.0 Å². The number of phenols is 2. The monoisotopic (exact) mass is 292 g/mol. The lowest BCUT2D eigenvalue weighted by Crippen LogP contribution is -2.42. The number of carbonyl (C=O) groups is 1. The maximum atomic E-state index is 12.7. The first-order valence-electron chi connectivity index (χ1n) is 7.66. The van der Waals surface area contributed by atoms with Crippen LogP contribution in [0.1, 0.15) is 48.9 Å². The van der Waals surface area contributed by atoms with Crippen LogP contribution in [0.25, 0.3) is 0 Å². The Balaban J connectivity index is 2.17. The Morgan fingerprint density at radius 3 is 2.52 bits per heavy atom. The van der Waals surface area contributed by atoms with E-state index in [4.69, 9.17) is 5.73 Å². The molecule has 21 heavy (non-hydrogen) atoms. The largest absolute Gasteiger partial charge is 0.504 e. The molecule has 0 heterocycles. The van der Waals surface area contributed by atoms with Crippen molar-refractivity contribution in [2.45, 2.75) is 44.6 Å². The van der Waals surface area contributed by atoms with Crippen molar-refractivity contribution in [2.24, 2.45) is 5.73 Å². The lowest BCUT2D eigenvalue weighted by molar-refractivity contribution is 0.0632. The third-order valence-corrected chi connectivity index (χ3v) is 4.10. The summed E-state index contributed by atoms with van der Waals surface area (Å²) in [6.07, 6.45) is 6.36. The summed E-state index contributed by atoms with van der Waals surface area (Å²) in [6, 6.07) is 4.49. The van der Waals surface area contributed by atoms with E-state index >= 15 is 0 Å². The SMILES string of the molecule is NCCCN(C(=O)c1ccc(O)c(O)c1)C1CCCCC1. The van der Waals surface area contributed by atoms with Crippen molar-refractivity contribution in [3.63, 3.8) is 0 Å².